The fraction of sp³-hybridized carbons (Fsp3) is 0.238. The van der Waals surface area contributed by atoms with Crippen molar-refractivity contribution in [1.29, 1.82) is 0 Å². The van der Waals surface area contributed by atoms with Gasteiger partial charge in [-0.2, -0.15) is 0 Å². The van der Waals surface area contributed by atoms with Crippen LogP contribution in [0.3, 0.4) is 0 Å². The first kappa shape index (κ1) is 19.2. The van der Waals surface area contributed by atoms with Gasteiger partial charge in [0.05, 0.1) is 28.8 Å². The van der Waals surface area contributed by atoms with E-state index in [2.05, 4.69) is 10.1 Å². The number of ether oxygens (including phenoxy) is 1. The number of nitrogens with one attached hydrogen (secondary N) is 1. The lowest BCUT2D eigenvalue weighted by atomic mass is 10.2. The van der Waals surface area contributed by atoms with E-state index >= 15 is 0 Å². The highest BCUT2D eigenvalue weighted by molar-refractivity contribution is 7.91. The topological polar surface area (TPSA) is 93.5 Å². The van der Waals surface area contributed by atoms with Crippen LogP contribution in [0.5, 0.6) is 11.5 Å². The third kappa shape index (κ3) is 4.32. The van der Waals surface area contributed by atoms with Gasteiger partial charge in [-0.3, -0.25) is 14.9 Å². The normalized spacial score (nSPS) is 18.3. The molecule has 0 amide bonds. The first-order valence-corrected chi connectivity index (χ1v) is 11.1. The van der Waals surface area contributed by atoms with Crippen molar-refractivity contribution in [2.45, 2.75) is 19.4 Å². The summed E-state index contributed by atoms with van der Waals surface area (Å²) in [5.41, 5.74) is 1.52. The second-order valence-corrected chi connectivity index (χ2v) is 9.28. The van der Waals surface area contributed by atoms with Gasteiger partial charge in [0.15, 0.2) is 9.84 Å². The summed E-state index contributed by atoms with van der Waals surface area (Å²) in [5, 5.41) is 2.99. The second-order valence-electron chi connectivity index (χ2n) is 7.05. The number of aryl methyl sites for hydroxylation is 1. The van der Waals surface area contributed by atoms with Crippen molar-refractivity contribution in [3.05, 3.63) is 76.2 Å². The van der Waals surface area contributed by atoms with Crippen LogP contribution in [-0.2, 0) is 9.84 Å². The minimum atomic E-state index is -3.07. The standard InChI is InChI=1S/C21H21N3O4S/c1-15-20(21(25)24(23-15)17-11-12-29(26,27)14-17)13-22-16-7-9-19(10-8-16)28-18-5-3-2-4-6-18/h2-10,13,17,23H,11-12,14H2,1H3/t17-/m1/s1. The molecule has 1 saturated heterocycles. The van der Waals surface area contributed by atoms with E-state index in [4.69, 9.17) is 4.74 Å². The maximum Gasteiger partial charge on any atom is 0.275 e. The largest absolute Gasteiger partial charge is 0.457 e. The van der Waals surface area contributed by atoms with Crippen LogP contribution < -0.4 is 10.3 Å². The molecule has 0 radical (unpaired) electrons. The first-order chi connectivity index (χ1) is 13.9. The lowest BCUT2D eigenvalue weighted by Gasteiger charge is -2.07. The Balaban J connectivity index is 1.50. The molecule has 0 aliphatic carbocycles. The maximum atomic E-state index is 12.7. The van der Waals surface area contributed by atoms with E-state index in [0.717, 1.165) is 5.75 Å². The summed E-state index contributed by atoms with van der Waals surface area (Å²) in [4.78, 5) is 17.1. The van der Waals surface area contributed by atoms with Crippen LogP contribution in [-0.4, -0.2) is 35.9 Å². The predicted molar refractivity (Wildman–Crippen MR) is 112 cm³/mol. The molecule has 0 unspecified atom stereocenters. The molecular weight excluding hydrogens is 390 g/mol. The van der Waals surface area contributed by atoms with Gasteiger partial charge in [0, 0.05) is 11.9 Å². The summed E-state index contributed by atoms with van der Waals surface area (Å²) < 4.78 is 30.6. The van der Waals surface area contributed by atoms with Crippen molar-refractivity contribution in [2.75, 3.05) is 11.5 Å². The smallest absolute Gasteiger partial charge is 0.275 e. The van der Waals surface area contributed by atoms with Gasteiger partial charge in [-0.15, -0.1) is 0 Å². The molecule has 1 atom stereocenters. The summed E-state index contributed by atoms with van der Waals surface area (Å²) in [6.45, 7) is 1.78. The zero-order chi connectivity index (χ0) is 20.4. The molecule has 1 aliphatic rings. The molecule has 1 aliphatic heterocycles. The molecule has 29 heavy (non-hydrogen) atoms. The van der Waals surface area contributed by atoms with Gasteiger partial charge < -0.3 is 4.74 Å². The Morgan fingerprint density at radius 2 is 1.79 bits per heavy atom. The molecule has 4 rings (SSSR count). The lowest BCUT2D eigenvalue weighted by Crippen LogP contribution is -2.25. The quantitative estimate of drug-likeness (QED) is 0.651. The zero-order valence-corrected chi connectivity index (χ0v) is 16.7. The predicted octanol–water partition coefficient (Wildman–Crippen LogP) is 3.39. The maximum absolute atomic E-state index is 12.7. The van der Waals surface area contributed by atoms with Crippen molar-refractivity contribution in [2.24, 2.45) is 4.99 Å². The number of aliphatic imine (C=N–C) groups is 1. The molecule has 0 spiro atoms. The number of hydrogen-bond acceptors (Lipinski definition) is 5. The van der Waals surface area contributed by atoms with Crippen molar-refractivity contribution in [3.63, 3.8) is 0 Å². The van der Waals surface area contributed by atoms with E-state index in [-0.39, 0.29) is 23.1 Å². The second kappa shape index (κ2) is 7.71. The highest BCUT2D eigenvalue weighted by atomic mass is 32.2. The van der Waals surface area contributed by atoms with E-state index in [0.29, 0.717) is 29.1 Å². The van der Waals surface area contributed by atoms with E-state index < -0.39 is 9.84 Å². The summed E-state index contributed by atoms with van der Waals surface area (Å²) in [6, 6.07) is 16.4. The Kier molecular flexibility index (Phi) is 5.10. The number of benzene rings is 2. The average molecular weight is 411 g/mol. The fourth-order valence-electron chi connectivity index (χ4n) is 3.33. The molecule has 150 valence electrons. The number of rotatable bonds is 5. The van der Waals surface area contributed by atoms with Gasteiger partial charge in [-0.05, 0) is 49.7 Å². The van der Waals surface area contributed by atoms with Crippen LogP contribution >= 0.6 is 0 Å². The fourth-order valence-corrected chi connectivity index (χ4v) is 5.03. The number of nitrogens with zero attached hydrogens (tertiary/aromatic N) is 2. The van der Waals surface area contributed by atoms with Crippen LogP contribution in [0.1, 0.15) is 23.7 Å². The van der Waals surface area contributed by atoms with E-state index in [1.54, 1.807) is 19.1 Å². The lowest BCUT2D eigenvalue weighted by molar-refractivity contribution is 0.483. The monoisotopic (exact) mass is 411 g/mol. The third-order valence-corrected chi connectivity index (χ3v) is 6.62. The summed E-state index contributed by atoms with van der Waals surface area (Å²) in [7, 11) is -3.07. The van der Waals surface area contributed by atoms with Crippen LogP contribution in [0.2, 0.25) is 0 Å². The first-order valence-electron chi connectivity index (χ1n) is 9.30. The highest BCUT2D eigenvalue weighted by Gasteiger charge is 2.31. The molecule has 1 aromatic heterocycles. The van der Waals surface area contributed by atoms with Crippen LogP contribution in [0.15, 0.2) is 64.4 Å². The highest BCUT2D eigenvalue weighted by Crippen LogP contribution is 2.24. The molecule has 3 aromatic rings. The number of aromatic nitrogens is 2. The van der Waals surface area contributed by atoms with Gasteiger partial charge >= 0.3 is 0 Å². The number of sulfone groups is 1. The van der Waals surface area contributed by atoms with Crippen molar-refractivity contribution in [3.8, 4) is 11.5 Å². The Morgan fingerprint density at radius 3 is 2.45 bits per heavy atom. The minimum absolute atomic E-state index is 0.00762. The summed E-state index contributed by atoms with van der Waals surface area (Å²) in [6.07, 6.45) is 1.96. The Morgan fingerprint density at radius 1 is 1.10 bits per heavy atom. The molecule has 1 N–H and O–H groups in total. The Bertz CT molecular complexity index is 1190. The van der Waals surface area contributed by atoms with Gasteiger partial charge in [0.25, 0.3) is 5.56 Å². The zero-order valence-electron chi connectivity index (χ0n) is 15.9. The van der Waals surface area contributed by atoms with Crippen molar-refractivity contribution >= 4 is 21.7 Å². The van der Waals surface area contributed by atoms with Crippen LogP contribution in [0.25, 0.3) is 0 Å². The molecular formula is C21H21N3O4S. The molecule has 2 aromatic carbocycles. The van der Waals surface area contributed by atoms with Gasteiger partial charge in [0.2, 0.25) is 0 Å². The summed E-state index contributed by atoms with van der Waals surface area (Å²) in [5.74, 6) is 1.55. The number of H-pyrrole nitrogens is 1. The molecule has 2 heterocycles. The molecule has 1 fully saturated rings. The number of hydrogen-bond donors (Lipinski definition) is 1. The Labute approximate surface area is 168 Å². The van der Waals surface area contributed by atoms with Crippen molar-refractivity contribution < 1.29 is 13.2 Å². The summed E-state index contributed by atoms with van der Waals surface area (Å²) >= 11 is 0. The van der Waals surface area contributed by atoms with Gasteiger partial charge in [-0.25, -0.2) is 13.1 Å². The molecule has 7 nitrogen and oxygen atoms in total. The number of aromatic amines is 1. The van der Waals surface area contributed by atoms with E-state index in [1.807, 2.05) is 42.5 Å². The third-order valence-electron chi connectivity index (χ3n) is 4.87. The van der Waals surface area contributed by atoms with Crippen LogP contribution in [0.4, 0.5) is 5.69 Å². The van der Waals surface area contributed by atoms with Gasteiger partial charge in [-0.1, -0.05) is 18.2 Å². The SMILES string of the molecule is Cc1[nH]n([C@@H]2CCS(=O)(=O)C2)c(=O)c1C=Nc1ccc(Oc2ccccc2)cc1. The number of para-hydroxylation sites is 1. The minimum Gasteiger partial charge on any atom is -0.457 e. The Hall–Kier alpha value is -3.13. The van der Waals surface area contributed by atoms with E-state index in [9.17, 15) is 13.2 Å². The molecule has 0 bridgehead atoms. The average Bonchev–Trinajstić information content (AvgIpc) is 3.20. The van der Waals surface area contributed by atoms with Crippen molar-refractivity contribution in [1.82, 2.24) is 9.78 Å². The molecule has 8 heteroatoms. The van der Waals surface area contributed by atoms with Gasteiger partial charge in [0.1, 0.15) is 11.5 Å². The van der Waals surface area contributed by atoms with E-state index in [1.165, 1.54) is 10.9 Å². The molecule has 0 saturated carbocycles. The van der Waals surface area contributed by atoms with Crippen LogP contribution in [0, 0.1) is 6.92 Å².